The predicted octanol–water partition coefficient (Wildman–Crippen LogP) is 6.67. The van der Waals surface area contributed by atoms with Crippen molar-refractivity contribution in [2.24, 2.45) is 0 Å². The molecular formula is C23H20Cl2N2O2S. The number of thioether (sulfide) groups is 1. The Balaban J connectivity index is 1.64. The van der Waals surface area contributed by atoms with Crippen molar-refractivity contribution < 1.29 is 9.59 Å². The van der Waals surface area contributed by atoms with E-state index in [-0.39, 0.29) is 17.1 Å². The number of hydrogen-bond acceptors (Lipinski definition) is 3. The number of halogens is 2. The maximum atomic E-state index is 12.5. The second-order valence-corrected chi connectivity index (χ2v) is 8.99. The number of carbonyl (C=O) groups excluding carboxylic acids is 2. The molecule has 0 aliphatic rings. The van der Waals surface area contributed by atoms with Crippen LogP contribution in [0.5, 0.6) is 0 Å². The quantitative estimate of drug-likeness (QED) is 0.405. The van der Waals surface area contributed by atoms with Gasteiger partial charge in [0.25, 0.3) is 5.91 Å². The van der Waals surface area contributed by atoms with Gasteiger partial charge < -0.3 is 10.6 Å². The van der Waals surface area contributed by atoms with Crippen molar-refractivity contribution in [3.05, 3.63) is 87.9 Å². The maximum absolute atomic E-state index is 12.5. The molecule has 0 heterocycles. The highest BCUT2D eigenvalue weighted by atomic mass is 35.5. The van der Waals surface area contributed by atoms with E-state index in [1.807, 2.05) is 56.3 Å². The summed E-state index contributed by atoms with van der Waals surface area (Å²) in [5.41, 5.74) is 2.75. The van der Waals surface area contributed by atoms with E-state index in [1.165, 1.54) is 11.8 Å². The summed E-state index contributed by atoms with van der Waals surface area (Å²) >= 11 is 13.4. The molecule has 30 heavy (non-hydrogen) atoms. The van der Waals surface area contributed by atoms with Crippen molar-refractivity contribution in [1.82, 2.24) is 0 Å². The lowest BCUT2D eigenvalue weighted by Crippen LogP contribution is -2.22. The molecular weight excluding hydrogens is 439 g/mol. The minimum atomic E-state index is -0.370. The predicted molar refractivity (Wildman–Crippen MR) is 126 cm³/mol. The van der Waals surface area contributed by atoms with Crippen molar-refractivity contribution in [2.45, 2.75) is 24.0 Å². The summed E-state index contributed by atoms with van der Waals surface area (Å²) in [6.07, 6.45) is 0. The molecule has 1 atom stereocenters. The Morgan fingerprint density at radius 1 is 0.867 bits per heavy atom. The zero-order valence-corrected chi connectivity index (χ0v) is 18.7. The molecule has 0 aromatic heterocycles. The highest BCUT2D eigenvalue weighted by Gasteiger charge is 2.16. The van der Waals surface area contributed by atoms with Crippen LogP contribution in [0, 0.1) is 6.92 Å². The summed E-state index contributed by atoms with van der Waals surface area (Å²) in [6.45, 7) is 3.71. The fourth-order valence-corrected chi connectivity index (χ4v) is 4.25. The van der Waals surface area contributed by atoms with Gasteiger partial charge in [0.05, 0.1) is 5.25 Å². The normalized spacial score (nSPS) is 11.6. The molecule has 7 heteroatoms. The molecule has 4 nitrogen and oxygen atoms in total. The van der Waals surface area contributed by atoms with Gasteiger partial charge in [0.2, 0.25) is 5.91 Å². The number of benzene rings is 3. The lowest BCUT2D eigenvalue weighted by atomic mass is 10.1. The van der Waals surface area contributed by atoms with Crippen molar-refractivity contribution in [3.63, 3.8) is 0 Å². The van der Waals surface area contributed by atoms with Gasteiger partial charge in [0.15, 0.2) is 0 Å². The van der Waals surface area contributed by atoms with Gasteiger partial charge in [-0.1, -0.05) is 47.5 Å². The summed E-state index contributed by atoms with van der Waals surface area (Å²) in [4.78, 5) is 25.9. The van der Waals surface area contributed by atoms with Crippen LogP contribution in [-0.2, 0) is 4.79 Å². The molecule has 2 N–H and O–H groups in total. The highest BCUT2D eigenvalue weighted by molar-refractivity contribution is 8.00. The van der Waals surface area contributed by atoms with Crippen LogP contribution >= 0.6 is 35.0 Å². The first-order valence-corrected chi connectivity index (χ1v) is 10.9. The third-order valence-electron chi connectivity index (χ3n) is 4.29. The average molecular weight is 459 g/mol. The zero-order valence-electron chi connectivity index (χ0n) is 16.4. The van der Waals surface area contributed by atoms with Crippen molar-refractivity contribution in [2.75, 3.05) is 10.6 Å². The van der Waals surface area contributed by atoms with Crippen LogP contribution in [0.25, 0.3) is 0 Å². The number of hydrogen-bond donors (Lipinski definition) is 2. The number of aryl methyl sites for hydroxylation is 1. The molecule has 0 radical (unpaired) electrons. The first-order chi connectivity index (χ1) is 14.3. The summed E-state index contributed by atoms with van der Waals surface area (Å²) in [5, 5.41) is 6.27. The first-order valence-electron chi connectivity index (χ1n) is 9.22. The number of nitrogens with one attached hydrogen (secondary N) is 2. The van der Waals surface area contributed by atoms with Gasteiger partial charge in [-0.3, -0.25) is 9.59 Å². The Hall–Kier alpha value is -2.47. The molecule has 0 aliphatic heterocycles. The Kier molecular flexibility index (Phi) is 7.43. The van der Waals surface area contributed by atoms with Gasteiger partial charge in [-0.2, -0.15) is 0 Å². The van der Waals surface area contributed by atoms with Gasteiger partial charge in [0, 0.05) is 31.9 Å². The van der Waals surface area contributed by atoms with E-state index < -0.39 is 0 Å². The van der Waals surface area contributed by atoms with Crippen molar-refractivity contribution >= 4 is 58.2 Å². The molecule has 0 saturated heterocycles. The maximum Gasteiger partial charge on any atom is 0.255 e. The van der Waals surface area contributed by atoms with Gasteiger partial charge >= 0.3 is 0 Å². The molecule has 154 valence electrons. The van der Waals surface area contributed by atoms with Crippen LogP contribution in [0.3, 0.4) is 0 Å². The molecule has 0 aliphatic carbocycles. The number of amides is 2. The van der Waals surface area contributed by atoms with Gasteiger partial charge in [-0.25, -0.2) is 0 Å². The van der Waals surface area contributed by atoms with E-state index in [4.69, 9.17) is 23.2 Å². The molecule has 0 saturated carbocycles. The lowest BCUT2D eigenvalue weighted by molar-refractivity contribution is -0.115. The summed E-state index contributed by atoms with van der Waals surface area (Å²) in [7, 11) is 0. The van der Waals surface area contributed by atoms with Crippen LogP contribution in [0.15, 0.2) is 71.6 Å². The van der Waals surface area contributed by atoms with Gasteiger partial charge in [-0.15, -0.1) is 11.8 Å². The van der Waals surface area contributed by atoms with E-state index in [2.05, 4.69) is 10.6 Å². The van der Waals surface area contributed by atoms with Crippen molar-refractivity contribution in [3.8, 4) is 0 Å². The van der Waals surface area contributed by atoms with E-state index in [0.29, 0.717) is 27.0 Å². The largest absolute Gasteiger partial charge is 0.325 e. The van der Waals surface area contributed by atoms with Gasteiger partial charge in [0.1, 0.15) is 0 Å². The number of carbonyl (C=O) groups is 2. The fourth-order valence-electron chi connectivity index (χ4n) is 2.80. The molecule has 2 amide bonds. The second-order valence-electron chi connectivity index (χ2n) is 6.70. The SMILES string of the molecule is Cc1ccccc1C(=O)Nc1cccc(SC(C)C(=O)Nc2cc(Cl)cc(Cl)c2)c1. The van der Waals surface area contributed by atoms with Crippen LogP contribution < -0.4 is 10.6 Å². The lowest BCUT2D eigenvalue weighted by Gasteiger charge is -2.14. The molecule has 3 aromatic rings. The third kappa shape index (κ3) is 6.02. The molecule has 0 spiro atoms. The van der Waals surface area contributed by atoms with E-state index in [1.54, 1.807) is 24.3 Å². The summed E-state index contributed by atoms with van der Waals surface area (Å²) in [6, 6.07) is 19.7. The smallest absolute Gasteiger partial charge is 0.255 e. The average Bonchev–Trinajstić information content (AvgIpc) is 2.67. The Labute approximate surface area is 190 Å². The Morgan fingerprint density at radius 2 is 1.57 bits per heavy atom. The first kappa shape index (κ1) is 22.2. The highest BCUT2D eigenvalue weighted by Crippen LogP contribution is 2.28. The van der Waals surface area contributed by atoms with E-state index in [9.17, 15) is 9.59 Å². The Bertz CT molecular complexity index is 1070. The molecule has 3 aromatic carbocycles. The topological polar surface area (TPSA) is 58.2 Å². The summed E-state index contributed by atoms with van der Waals surface area (Å²) in [5.74, 6) is -0.341. The summed E-state index contributed by atoms with van der Waals surface area (Å²) < 4.78 is 0. The third-order valence-corrected chi connectivity index (χ3v) is 5.82. The van der Waals surface area contributed by atoms with Gasteiger partial charge in [-0.05, 0) is 61.9 Å². The molecule has 1 unspecified atom stereocenters. The Morgan fingerprint density at radius 3 is 2.27 bits per heavy atom. The van der Waals surface area contributed by atoms with E-state index >= 15 is 0 Å². The standard InChI is InChI=1S/C23H20Cl2N2O2S/c1-14-6-3-4-9-21(14)23(29)26-18-7-5-8-20(13-18)30-15(2)22(28)27-19-11-16(24)10-17(25)12-19/h3-13,15H,1-2H3,(H,26,29)(H,27,28). The molecule has 0 fully saturated rings. The minimum absolute atomic E-state index is 0.168. The van der Waals surface area contributed by atoms with E-state index in [0.717, 1.165) is 10.5 Å². The number of rotatable bonds is 6. The van der Waals surface area contributed by atoms with Crippen molar-refractivity contribution in [1.29, 1.82) is 0 Å². The van der Waals surface area contributed by atoms with Crippen LogP contribution in [-0.4, -0.2) is 17.1 Å². The fraction of sp³-hybridized carbons (Fsp3) is 0.130. The van der Waals surface area contributed by atoms with Crippen LogP contribution in [0.1, 0.15) is 22.8 Å². The van der Waals surface area contributed by atoms with Crippen LogP contribution in [0.2, 0.25) is 10.0 Å². The monoisotopic (exact) mass is 458 g/mol. The molecule has 3 rings (SSSR count). The number of anilines is 2. The molecule has 0 bridgehead atoms. The second kappa shape index (κ2) is 10.0. The van der Waals surface area contributed by atoms with Crippen LogP contribution in [0.4, 0.5) is 11.4 Å². The zero-order chi connectivity index (χ0) is 21.7. The minimum Gasteiger partial charge on any atom is -0.325 e.